The molecule has 5 nitrogen and oxygen atoms in total. The van der Waals surface area contributed by atoms with Crippen LogP contribution in [-0.4, -0.2) is 20.2 Å². The average Bonchev–Trinajstić information content (AvgIpc) is 3.00. The highest BCUT2D eigenvalue weighted by Gasteiger charge is 2.13. The molecule has 0 aliphatic rings. The van der Waals surface area contributed by atoms with Crippen molar-refractivity contribution in [2.24, 2.45) is 0 Å². The third-order valence-electron chi connectivity index (χ3n) is 3.66. The lowest BCUT2D eigenvalue weighted by molar-refractivity contribution is 0.444. The Labute approximate surface area is 143 Å². The number of rotatable bonds is 3. The zero-order chi connectivity index (χ0) is 16.5. The first-order valence-electron chi connectivity index (χ1n) is 7.41. The molecule has 0 aliphatic carbocycles. The summed E-state index contributed by atoms with van der Waals surface area (Å²) in [5, 5.41) is 8.65. The predicted octanol–water partition coefficient (Wildman–Crippen LogP) is 4.77. The molecule has 0 radical (unpaired) electrons. The second-order valence-corrected chi connectivity index (χ2v) is 5.79. The largest absolute Gasteiger partial charge is 0.424 e. The third kappa shape index (κ3) is 2.70. The van der Waals surface area contributed by atoms with Crippen LogP contribution in [0.25, 0.3) is 22.3 Å². The maximum Gasteiger partial charge on any atom is 0.324 e. The van der Waals surface area contributed by atoms with Crippen LogP contribution in [0.5, 0.6) is 11.8 Å². The number of hydrogen-bond donors (Lipinski definition) is 1. The minimum absolute atomic E-state index is 0.253. The van der Waals surface area contributed by atoms with Crippen LogP contribution in [0.2, 0.25) is 5.02 Å². The van der Waals surface area contributed by atoms with Gasteiger partial charge in [-0.15, -0.1) is 0 Å². The summed E-state index contributed by atoms with van der Waals surface area (Å²) in [7, 11) is 0. The summed E-state index contributed by atoms with van der Waals surface area (Å²) in [6, 6.07) is 15.5. The van der Waals surface area contributed by atoms with E-state index in [1.165, 1.54) is 0 Å². The zero-order valence-electron chi connectivity index (χ0n) is 12.8. The molecule has 4 aromatic rings. The van der Waals surface area contributed by atoms with Gasteiger partial charge in [0.15, 0.2) is 5.65 Å². The maximum absolute atomic E-state index is 6.25. The van der Waals surface area contributed by atoms with E-state index in [0.29, 0.717) is 16.4 Å². The second kappa shape index (κ2) is 5.94. The topological polar surface area (TPSA) is 63.7 Å². The normalized spacial score (nSPS) is 10.9. The molecule has 2 aromatic carbocycles. The smallest absolute Gasteiger partial charge is 0.324 e. The fourth-order valence-corrected chi connectivity index (χ4v) is 2.65. The number of aryl methyl sites for hydroxylation is 1. The third-order valence-corrected chi connectivity index (χ3v) is 3.99. The first-order valence-corrected chi connectivity index (χ1v) is 7.79. The van der Waals surface area contributed by atoms with Crippen LogP contribution < -0.4 is 4.74 Å². The summed E-state index contributed by atoms with van der Waals surface area (Å²) < 4.78 is 5.68. The van der Waals surface area contributed by atoms with Gasteiger partial charge in [-0.2, -0.15) is 10.1 Å². The van der Waals surface area contributed by atoms with E-state index in [4.69, 9.17) is 16.3 Å². The number of ether oxygens (including phenoxy) is 1. The van der Waals surface area contributed by atoms with Crippen molar-refractivity contribution in [1.29, 1.82) is 0 Å². The molecule has 0 unspecified atom stereocenters. The van der Waals surface area contributed by atoms with Crippen molar-refractivity contribution in [2.75, 3.05) is 0 Å². The van der Waals surface area contributed by atoms with Gasteiger partial charge in [0.05, 0.1) is 11.1 Å². The van der Waals surface area contributed by atoms with Crippen molar-refractivity contribution in [1.82, 2.24) is 20.2 Å². The van der Waals surface area contributed by atoms with Gasteiger partial charge in [-0.1, -0.05) is 47.5 Å². The Hall–Kier alpha value is -2.92. The molecule has 0 fully saturated rings. The minimum atomic E-state index is 0.253. The summed E-state index contributed by atoms with van der Waals surface area (Å²) >= 11 is 6.25. The van der Waals surface area contributed by atoms with Crippen LogP contribution in [-0.2, 0) is 0 Å². The predicted molar refractivity (Wildman–Crippen MR) is 93.4 cm³/mol. The molecule has 0 aliphatic heterocycles. The van der Waals surface area contributed by atoms with Crippen LogP contribution in [0.1, 0.15) is 5.56 Å². The zero-order valence-corrected chi connectivity index (χ0v) is 13.6. The van der Waals surface area contributed by atoms with Crippen molar-refractivity contribution in [3.05, 3.63) is 65.3 Å². The summed E-state index contributed by atoms with van der Waals surface area (Å²) in [6.45, 7) is 2.02. The number of benzene rings is 2. The first kappa shape index (κ1) is 14.7. The van der Waals surface area contributed by atoms with Gasteiger partial charge in [-0.05, 0) is 25.1 Å². The Balaban J connectivity index is 1.70. The molecule has 2 aromatic heterocycles. The SMILES string of the molecule is Cc1ccc(Oc2ncc3c(-c4ccccc4Cl)[nH]nc3n2)cc1. The Kier molecular flexibility index (Phi) is 3.63. The van der Waals surface area contributed by atoms with Gasteiger partial charge in [-0.25, -0.2) is 4.98 Å². The molecule has 118 valence electrons. The van der Waals surface area contributed by atoms with Crippen LogP contribution in [0.4, 0.5) is 0 Å². The van der Waals surface area contributed by atoms with Crippen LogP contribution in [0.15, 0.2) is 54.7 Å². The van der Waals surface area contributed by atoms with E-state index in [2.05, 4.69) is 20.2 Å². The Bertz CT molecular complexity index is 1010. The van der Waals surface area contributed by atoms with Crippen molar-refractivity contribution < 1.29 is 4.74 Å². The van der Waals surface area contributed by atoms with Gasteiger partial charge >= 0.3 is 6.01 Å². The van der Waals surface area contributed by atoms with Crippen LogP contribution in [0, 0.1) is 6.92 Å². The quantitative estimate of drug-likeness (QED) is 0.585. The lowest BCUT2D eigenvalue weighted by Crippen LogP contribution is -1.92. The van der Waals surface area contributed by atoms with Crippen molar-refractivity contribution in [3.8, 4) is 23.0 Å². The van der Waals surface area contributed by atoms with Gasteiger partial charge in [-0.3, -0.25) is 5.10 Å². The van der Waals surface area contributed by atoms with E-state index >= 15 is 0 Å². The molecule has 0 bridgehead atoms. The molecule has 0 spiro atoms. The average molecular weight is 337 g/mol. The number of aromatic amines is 1. The van der Waals surface area contributed by atoms with Gasteiger partial charge in [0.25, 0.3) is 0 Å². The molecule has 4 rings (SSSR count). The molecule has 2 heterocycles. The molecule has 0 atom stereocenters. The lowest BCUT2D eigenvalue weighted by Gasteiger charge is -2.04. The highest BCUT2D eigenvalue weighted by Crippen LogP contribution is 2.31. The second-order valence-electron chi connectivity index (χ2n) is 5.38. The Morgan fingerprint density at radius 1 is 1.04 bits per heavy atom. The maximum atomic E-state index is 6.25. The first-order chi connectivity index (χ1) is 11.7. The van der Waals surface area contributed by atoms with Crippen molar-refractivity contribution in [3.63, 3.8) is 0 Å². The van der Waals surface area contributed by atoms with E-state index in [9.17, 15) is 0 Å². The summed E-state index contributed by atoms with van der Waals surface area (Å²) in [4.78, 5) is 8.63. The van der Waals surface area contributed by atoms with E-state index in [1.807, 2.05) is 55.5 Å². The fraction of sp³-hybridized carbons (Fsp3) is 0.0556. The summed E-state index contributed by atoms with van der Waals surface area (Å²) in [5.74, 6) is 0.682. The monoisotopic (exact) mass is 336 g/mol. The highest BCUT2D eigenvalue weighted by molar-refractivity contribution is 6.33. The number of nitrogens with zero attached hydrogens (tertiary/aromatic N) is 3. The van der Waals surface area contributed by atoms with Crippen molar-refractivity contribution in [2.45, 2.75) is 6.92 Å². The number of aromatic nitrogens is 4. The molecule has 0 saturated heterocycles. The number of H-pyrrole nitrogens is 1. The van der Waals surface area contributed by atoms with E-state index in [-0.39, 0.29) is 6.01 Å². The molecular formula is C18H13ClN4O. The summed E-state index contributed by atoms with van der Waals surface area (Å²) in [5.41, 5.74) is 3.34. The Morgan fingerprint density at radius 2 is 1.83 bits per heavy atom. The molecule has 24 heavy (non-hydrogen) atoms. The number of halogens is 1. The van der Waals surface area contributed by atoms with E-state index < -0.39 is 0 Å². The number of hydrogen-bond acceptors (Lipinski definition) is 4. The molecular weight excluding hydrogens is 324 g/mol. The summed E-state index contributed by atoms with van der Waals surface area (Å²) in [6.07, 6.45) is 1.69. The minimum Gasteiger partial charge on any atom is -0.424 e. The van der Waals surface area contributed by atoms with Gasteiger partial charge in [0.2, 0.25) is 0 Å². The van der Waals surface area contributed by atoms with Gasteiger partial charge < -0.3 is 4.74 Å². The number of nitrogens with one attached hydrogen (secondary N) is 1. The standard InChI is InChI=1S/C18H13ClN4O/c1-11-6-8-12(9-7-11)24-18-20-10-14-16(22-23-17(14)21-18)13-4-2-3-5-15(13)19/h2-10H,1H3,(H,20,21,22,23). The van der Waals surface area contributed by atoms with Gasteiger partial charge in [0, 0.05) is 16.8 Å². The molecule has 0 saturated carbocycles. The molecule has 6 heteroatoms. The van der Waals surface area contributed by atoms with Crippen LogP contribution in [0.3, 0.4) is 0 Å². The fourth-order valence-electron chi connectivity index (χ4n) is 2.42. The van der Waals surface area contributed by atoms with Crippen LogP contribution >= 0.6 is 11.6 Å². The molecule has 0 amide bonds. The van der Waals surface area contributed by atoms with Gasteiger partial charge in [0.1, 0.15) is 5.75 Å². The lowest BCUT2D eigenvalue weighted by atomic mass is 10.1. The van der Waals surface area contributed by atoms with Crippen molar-refractivity contribution >= 4 is 22.6 Å². The number of fused-ring (bicyclic) bond motifs is 1. The van der Waals surface area contributed by atoms with E-state index in [1.54, 1.807) is 6.20 Å². The van der Waals surface area contributed by atoms with E-state index in [0.717, 1.165) is 22.2 Å². The molecule has 1 N–H and O–H groups in total. The highest BCUT2D eigenvalue weighted by atomic mass is 35.5. The Morgan fingerprint density at radius 3 is 2.62 bits per heavy atom.